The maximum Gasteiger partial charge on any atom is 0.0968 e. The third-order valence-corrected chi connectivity index (χ3v) is 5.01. The second-order valence-electron chi connectivity index (χ2n) is 6.96. The van der Waals surface area contributed by atoms with Gasteiger partial charge in [0.05, 0.1) is 12.6 Å². The maximum atomic E-state index is 10.8. The van der Waals surface area contributed by atoms with Gasteiger partial charge < -0.3 is 14.6 Å². The van der Waals surface area contributed by atoms with Gasteiger partial charge >= 0.3 is 0 Å². The number of aliphatic hydroxyl groups is 1. The first-order chi connectivity index (χ1) is 12.0. The van der Waals surface area contributed by atoms with Gasteiger partial charge in [0.25, 0.3) is 0 Å². The molecule has 0 aliphatic carbocycles. The molecule has 2 heterocycles. The van der Waals surface area contributed by atoms with Crippen molar-refractivity contribution in [1.29, 1.82) is 0 Å². The van der Waals surface area contributed by atoms with Crippen molar-refractivity contribution in [1.82, 2.24) is 9.47 Å². The lowest BCUT2D eigenvalue weighted by Crippen LogP contribution is -2.28. The predicted molar refractivity (Wildman–Crippen MR) is 106 cm³/mol. The number of benzene rings is 1. The molecule has 25 heavy (non-hydrogen) atoms. The third kappa shape index (κ3) is 3.48. The second kappa shape index (κ2) is 7.42. The van der Waals surface area contributed by atoms with Crippen LogP contribution < -0.4 is 0 Å². The van der Waals surface area contributed by atoms with Crippen molar-refractivity contribution in [2.24, 2.45) is 0 Å². The van der Waals surface area contributed by atoms with E-state index in [1.165, 1.54) is 27.7 Å². The van der Waals surface area contributed by atoms with Crippen LogP contribution in [0.15, 0.2) is 54.7 Å². The van der Waals surface area contributed by atoms with Crippen molar-refractivity contribution in [2.45, 2.75) is 39.5 Å². The molecule has 3 heteroatoms. The number of hydrogen-bond donors (Lipinski definition) is 1. The van der Waals surface area contributed by atoms with Gasteiger partial charge in [-0.25, -0.2) is 0 Å². The van der Waals surface area contributed by atoms with E-state index in [1.807, 2.05) is 25.2 Å². The predicted octanol–water partition coefficient (Wildman–Crippen LogP) is 3.99. The van der Waals surface area contributed by atoms with Gasteiger partial charge in [-0.3, -0.25) is 0 Å². The van der Waals surface area contributed by atoms with E-state index in [0.717, 1.165) is 25.1 Å². The van der Waals surface area contributed by atoms with E-state index >= 15 is 0 Å². The highest BCUT2D eigenvalue weighted by Gasteiger charge is 2.23. The first kappa shape index (κ1) is 17.7. The quantitative estimate of drug-likeness (QED) is 0.837. The van der Waals surface area contributed by atoms with Crippen LogP contribution >= 0.6 is 0 Å². The molecule has 1 N–H and O–H groups in total. The van der Waals surface area contributed by atoms with Gasteiger partial charge in [-0.15, -0.1) is 0 Å². The van der Waals surface area contributed by atoms with Crippen LogP contribution in [0.3, 0.4) is 0 Å². The van der Waals surface area contributed by atoms with Crippen molar-refractivity contribution >= 4 is 10.9 Å². The lowest BCUT2D eigenvalue weighted by atomic mass is 10.0. The minimum Gasteiger partial charge on any atom is -0.387 e. The molecule has 2 aromatic rings. The first-order valence-corrected chi connectivity index (χ1v) is 8.97. The number of rotatable bonds is 5. The average Bonchev–Trinajstić information content (AvgIpc) is 2.87. The fourth-order valence-corrected chi connectivity index (χ4v) is 3.79. The number of aliphatic hydroxyl groups excluding tert-OH is 1. The summed E-state index contributed by atoms with van der Waals surface area (Å²) in [4.78, 5) is 2.37. The van der Waals surface area contributed by atoms with Gasteiger partial charge in [0.2, 0.25) is 0 Å². The minimum atomic E-state index is -0.546. The van der Waals surface area contributed by atoms with Gasteiger partial charge in [0.1, 0.15) is 0 Å². The van der Waals surface area contributed by atoms with Crippen LogP contribution in [0.4, 0.5) is 0 Å². The number of fused-ring (bicyclic) bond motifs is 3. The van der Waals surface area contributed by atoms with E-state index in [1.54, 1.807) is 6.08 Å². The summed E-state index contributed by atoms with van der Waals surface area (Å²) in [6, 6.07) is 6.64. The number of allylic oxidation sites excluding steroid dienone is 3. The summed E-state index contributed by atoms with van der Waals surface area (Å²) >= 11 is 0. The molecular formula is C22H28N2O. The SMILES string of the molecule is C=C/C=C(\C=C/C)C(O)Cn1c2c(c3cc(C)ccc31)CN(C)CC2. The monoisotopic (exact) mass is 336 g/mol. The Labute approximate surface area is 150 Å². The molecule has 1 aliphatic heterocycles. The zero-order chi connectivity index (χ0) is 18.0. The lowest BCUT2D eigenvalue weighted by Gasteiger charge is -2.25. The Hall–Kier alpha value is -2.10. The van der Waals surface area contributed by atoms with Crippen LogP contribution in [0, 0.1) is 6.92 Å². The smallest absolute Gasteiger partial charge is 0.0968 e. The van der Waals surface area contributed by atoms with Crippen molar-refractivity contribution in [3.63, 3.8) is 0 Å². The molecule has 1 aromatic heterocycles. The summed E-state index contributed by atoms with van der Waals surface area (Å²) in [6.45, 7) is 10.5. The number of likely N-dealkylation sites (N-methyl/N-ethyl adjacent to an activating group) is 1. The van der Waals surface area contributed by atoms with Crippen molar-refractivity contribution in [2.75, 3.05) is 13.6 Å². The Morgan fingerprint density at radius 2 is 2.20 bits per heavy atom. The highest BCUT2D eigenvalue weighted by Crippen LogP contribution is 2.32. The number of aryl methyl sites for hydroxylation is 1. The first-order valence-electron chi connectivity index (χ1n) is 8.97. The molecule has 1 aromatic carbocycles. The van der Waals surface area contributed by atoms with E-state index in [-0.39, 0.29) is 0 Å². The second-order valence-corrected chi connectivity index (χ2v) is 6.96. The largest absolute Gasteiger partial charge is 0.387 e. The Bertz CT molecular complexity index is 841. The maximum absolute atomic E-state index is 10.8. The summed E-state index contributed by atoms with van der Waals surface area (Å²) in [7, 11) is 2.17. The highest BCUT2D eigenvalue weighted by molar-refractivity contribution is 5.86. The zero-order valence-corrected chi connectivity index (χ0v) is 15.5. The Kier molecular flexibility index (Phi) is 5.26. The topological polar surface area (TPSA) is 28.4 Å². The summed E-state index contributed by atoms with van der Waals surface area (Å²) in [6.07, 6.45) is 8.02. The molecule has 0 amide bonds. The Balaban J connectivity index is 2.07. The number of hydrogen-bond acceptors (Lipinski definition) is 2. The fourth-order valence-electron chi connectivity index (χ4n) is 3.79. The van der Waals surface area contributed by atoms with Crippen LogP contribution in [0.5, 0.6) is 0 Å². The molecule has 0 radical (unpaired) electrons. The molecule has 0 fully saturated rings. The molecular weight excluding hydrogens is 308 g/mol. The van der Waals surface area contributed by atoms with Crippen LogP contribution in [0.1, 0.15) is 23.7 Å². The zero-order valence-electron chi connectivity index (χ0n) is 15.5. The summed E-state index contributed by atoms with van der Waals surface area (Å²) in [5, 5.41) is 12.1. The van der Waals surface area contributed by atoms with Gasteiger partial charge in [-0.05, 0) is 44.2 Å². The van der Waals surface area contributed by atoms with Crippen LogP contribution in [-0.4, -0.2) is 34.3 Å². The normalized spacial score (nSPS) is 17.2. The molecule has 132 valence electrons. The fraction of sp³-hybridized carbons (Fsp3) is 0.364. The Morgan fingerprint density at radius 3 is 2.92 bits per heavy atom. The molecule has 3 nitrogen and oxygen atoms in total. The summed E-state index contributed by atoms with van der Waals surface area (Å²) < 4.78 is 2.32. The molecule has 1 unspecified atom stereocenters. The molecule has 0 saturated heterocycles. The number of aromatic nitrogens is 1. The van der Waals surface area contributed by atoms with Crippen molar-refractivity contribution in [3.05, 3.63) is 71.5 Å². The van der Waals surface area contributed by atoms with Gasteiger partial charge in [0.15, 0.2) is 0 Å². The van der Waals surface area contributed by atoms with E-state index in [4.69, 9.17) is 0 Å². The van der Waals surface area contributed by atoms with Crippen LogP contribution in [0.2, 0.25) is 0 Å². The van der Waals surface area contributed by atoms with Gasteiger partial charge in [-0.1, -0.05) is 42.5 Å². The molecule has 3 rings (SSSR count). The van der Waals surface area contributed by atoms with Crippen LogP contribution in [0.25, 0.3) is 10.9 Å². The standard InChI is InChI=1S/C22H28N2O/c1-5-7-17(8-6-2)22(25)15-24-20-10-9-16(3)13-18(20)19-14-23(4)12-11-21(19)24/h5-10,13,22,25H,1,11-12,14-15H2,2-4H3/b8-6-,17-7+. The van der Waals surface area contributed by atoms with Crippen LogP contribution in [-0.2, 0) is 19.5 Å². The summed E-state index contributed by atoms with van der Waals surface area (Å²) in [5.41, 5.74) is 6.19. The minimum absolute atomic E-state index is 0.546. The van der Waals surface area contributed by atoms with Crippen molar-refractivity contribution in [3.8, 4) is 0 Å². The Morgan fingerprint density at radius 1 is 1.40 bits per heavy atom. The van der Waals surface area contributed by atoms with E-state index in [2.05, 4.69) is 48.2 Å². The van der Waals surface area contributed by atoms with E-state index < -0.39 is 6.10 Å². The number of nitrogens with zero attached hydrogens (tertiary/aromatic N) is 2. The van der Waals surface area contributed by atoms with E-state index in [0.29, 0.717) is 6.54 Å². The van der Waals surface area contributed by atoms with Gasteiger partial charge in [-0.2, -0.15) is 0 Å². The summed E-state index contributed by atoms with van der Waals surface area (Å²) in [5.74, 6) is 0. The lowest BCUT2D eigenvalue weighted by molar-refractivity contribution is 0.192. The average molecular weight is 336 g/mol. The van der Waals surface area contributed by atoms with Crippen molar-refractivity contribution < 1.29 is 5.11 Å². The third-order valence-electron chi connectivity index (χ3n) is 5.01. The molecule has 1 aliphatic rings. The molecule has 0 spiro atoms. The molecule has 0 saturated carbocycles. The highest BCUT2D eigenvalue weighted by atomic mass is 16.3. The van der Waals surface area contributed by atoms with Gasteiger partial charge in [0, 0.05) is 36.1 Å². The molecule has 1 atom stereocenters. The molecule has 0 bridgehead atoms. The van der Waals surface area contributed by atoms with E-state index in [9.17, 15) is 5.11 Å².